The molecule has 2 aromatic rings. The van der Waals surface area contributed by atoms with Gasteiger partial charge in [-0.05, 0) is 6.07 Å². The molecule has 0 aliphatic carbocycles. The van der Waals surface area contributed by atoms with Gasteiger partial charge < -0.3 is 10.4 Å². The zero-order valence-electron chi connectivity index (χ0n) is 10.4. The lowest BCUT2D eigenvalue weighted by Crippen LogP contribution is -2.02. The third kappa shape index (κ3) is 3.48. The molecule has 106 valence electrons. The van der Waals surface area contributed by atoms with E-state index < -0.39 is 10.7 Å². The van der Waals surface area contributed by atoms with Crippen molar-refractivity contribution in [2.45, 2.75) is 13.1 Å². The average Bonchev–Trinajstić information content (AvgIpc) is 2.84. The van der Waals surface area contributed by atoms with Crippen molar-refractivity contribution < 1.29 is 14.4 Å². The van der Waals surface area contributed by atoms with E-state index in [1.807, 2.05) is 0 Å². The van der Waals surface area contributed by atoms with Gasteiger partial charge in [-0.3, -0.25) is 10.1 Å². The lowest BCUT2D eigenvalue weighted by Gasteiger charge is -2.04. The van der Waals surface area contributed by atoms with Crippen molar-refractivity contribution in [3.63, 3.8) is 0 Å². The summed E-state index contributed by atoms with van der Waals surface area (Å²) in [5, 5.41) is 29.8. The first-order chi connectivity index (χ1) is 9.58. The van der Waals surface area contributed by atoms with Crippen molar-refractivity contribution in [3.05, 3.63) is 46.0 Å². The van der Waals surface area contributed by atoms with Gasteiger partial charge in [0, 0.05) is 11.8 Å². The molecular formula is C11H12FN5O3. The second-order valence-corrected chi connectivity index (χ2v) is 4.01. The third-order valence-electron chi connectivity index (χ3n) is 2.48. The van der Waals surface area contributed by atoms with E-state index in [0.717, 1.165) is 12.1 Å². The summed E-state index contributed by atoms with van der Waals surface area (Å²) in [5.74, 6) is -0.689. The molecule has 0 fully saturated rings. The SMILES string of the molecule is O=[N+]([O-])c1cc(F)cc(NCc2cn(CCO)nn2)c1. The predicted molar refractivity (Wildman–Crippen MR) is 67.5 cm³/mol. The molecule has 0 bridgehead atoms. The van der Waals surface area contributed by atoms with E-state index in [0.29, 0.717) is 12.2 Å². The summed E-state index contributed by atoms with van der Waals surface area (Å²) in [6, 6.07) is 3.25. The van der Waals surface area contributed by atoms with E-state index in [1.165, 1.54) is 10.7 Å². The number of hydrogen-bond donors (Lipinski definition) is 2. The number of aliphatic hydroxyl groups is 1. The highest BCUT2D eigenvalue weighted by atomic mass is 19.1. The number of halogens is 1. The quantitative estimate of drug-likeness (QED) is 0.602. The van der Waals surface area contributed by atoms with Crippen LogP contribution in [0.3, 0.4) is 0 Å². The van der Waals surface area contributed by atoms with Crippen molar-refractivity contribution in [3.8, 4) is 0 Å². The minimum absolute atomic E-state index is 0.0493. The molecule has 9 heteroatoms. The highest BCUT2D eigenvalue weighted by molar-refractivity contribution is 5.51. The molecule has 0 spiro atoms. The molecule has 1 heterocycles. The molecule has 0 radical (unpaired) electrons. The number of rotatable bonds is 6. The lowest BCUT2D eigenvalue weighted by atomic mass is 10.2. The fourth-order valence-corrected chi connectivity index (χ4v) is 1.61. The molecule has 0 unspecified atom stereocenters. The summed E-state index contributed by atoms with van der Waals surface area (Å²) in [6.45, 7) is 0.525. The van der Waals surface area contributed by atoms with E-state index in [1.54, 1.807) is 6.20 Å². The molecule has 0 saturated carbocycles. The maximum absolute atomic E-state index is 13.2. The fourth-order valence-electron chi connectivity index (χ4n) is 1.61. The van der Waals surface area contributed by atoms with Crippen LogP contribution in [0, 0.1) is 15.9 Å². The zero-order chi connectivity index (χ0) is 14.5. The van der Waals surface area contributed by atoms with Crippen LogP contribution in [0.25, 0.3) is 0 Å². The number of aromatic nitrogens is 3. The van der Waals surface area contributed by atoms with Gasteiger partial charge in [0.2, 0.25) is 0 Å². The van der Waals surface area contributed by atoms with Gasteiger partial charge in [0.1, 0.15) is 11.5 Å². The minimum atomic E-state index is -0.689. The maximum atomic E-state index is 13.2. The van der Waals surface area contributed by atoms with Gasteiger partial charge in [0.15, 0.2) is 0 Å². The van der Waals surface area contributed by atoms with Crippen molar-refractivity contribution >= 4 is 11.4 Å². The average molecular weight is 281 g/mol. The normalized spacial score (nSPS) is 10.5. The number of nitro groups is 1. The van der Waals surface area contributed by atoms with Crippen molar-refractivity contribution in [2.24, 2.45) is 0 Å². The molecular weight excluding hydrogens is 269 g/mol. The Labute approximate surface area is 113 Å². The molecule has 0 atom stereocenters. The Morgan fingerprint density at radius 3 is 2.95 bits per heavy atom. The van der Waals surface area contributed by atoms with E-state index in [-0.39, 0.29) is 24.5 Å². The van der Waals surface area contributed by atoms with Gasteiger partial charge >= 0.3 is 0 Å². The maximum Gasteiger partial charge on any atom is 0.274 e. The summed E-state index contributed by atoms with van der Waals surface area (Å²) < 4.78 is 14.7. The van der Waals surface area contributed by atoms with Crippen molar-refractivity contribution in [1.82, 2.24) is 15.0 Å². The molecule has 2 N–H and O–H groups in total. The van der Waals surface area contributed by atoms with Crippen LogP contribution in [0.15, 0.2) is 24.4 Å². The number of hydrogen-bond acceptors (Lipinski definition) is 6. The number of nitrogens with one attached hydrogen (secondary N) is 1. The van der Waals surface area contributed by atoms with Crippen LogP contribution in [0.4, 0.5) is 15.8 Å². The van der Waals surface area contributed by atoms with E-state index in [2.05, 4.69) is 15.6 Å². The molecule has 0 amide bonds. The van der Waals surface area contributed by atoms with Crippen LogP contribution in [0.2, 0.25) is 0 Å². The standard InChI is InChI=1S/C11H12FN5O3/c12-8-3-9(5-11(4-8)17(19)20)13-6-10-7-16(1-2-18)15-14-10/h3-5,7,13,18H,1-2,6H2. The number of anilines is 1. The summed E-state index contributed by atoms with van der Waals surface area (Å²) >= 11 is 0. The molecule has 2 rings (SSSR count). The van der Waals surface area contributed by atoms with Gasteiger partial charge in [-0.2, -0.15) is 0 Å². The second-order valence-electron chi connectivity index (χ2n) is 4.01. The Bertz CT molecular complexity index is 616. The van der Waals surface area contributed by atoms with Crippen LogP contribution in [-0.4, -0.2) is 31.6 Å². The molecule has 8 nitrogen and oxygen atoms in total. The Hall–Kier alpha value is -2.55. The van der Waals surface area contributed by atoms with Gasteiger partial charge in [0.25, 0.3) is 5.69 Å². The monoisotopic (exact) mass is 281 g/mol. The first-order valence-corrected chi connectivity index (χ1v) is 5.77. The lowest BCUT2D eigenvalue weighted by molar-refractivity contribution is -0.385. The number of aliphatic hydroxyl groups excluding tert-OH is 1. The molecule has 0 aliphatic heterocycles. The number of nitrogens with zero attached hydrogens (tertiary/aromatic N) is 4. The Kier molecular flexibility index (Phi) is 4.20. The predicted octanol–water partition coefficient (Wildman–Crippen LogP) is 0.930. The van der Waals surface area contributed by atoms with Crippen LogP contribution in [0.1, 0.15) is 5.69 Å². The summed E-state index contributed by atoms with van der Waals surface area (Å²) in [6.07, 6.45) is 1.62. The molecule has 0 saturated heterocycles. The smallest absolute Gasteiger partial charge is 0.274 e. The highest BCUT2D eigenvalue weighted by Gasteiger charge is 2.10. The number of non-ortho nitro benzene ring substituents is 1. The van der Waals surface area contributed by atoms with Crippen LogP contribution < -0.4 is 5.32 Å². The first-order valence-electron chi connectivity index (χ1n) is 5.77. The van der Waals surface area contributed by atoms with Gasteiger partial charge in [-0.15, -0.1) is 5.10 Å². The molecule has 1 aromatic heterocycles. The Morgan fingerprint density at radius 1 is 1.45 bits per heavy atom. The van der Waals surface area contributed by atoms with Gasteiger partial charge in [-0.25, -0.2) is 9.07 Å². The fraction of sp³-hybridized carbons (Fsp3) is 0.273. The Morgan fingerprint density at radius 2 is 2.25 bits per heavy atom. The second kappa shape index (κ2) is 6.06. The van der Waals surface area contributed by atoms with Crippen molar-refractivity contribution in [1.29, 1.82) is 0 Å². The largest absolute Gasteiger partial charge is 0.394 e. The zero-order valence-corrected chi connectivity index (χ0v) is 10.4. The first kappa shape index (κ1) is 13.9. The van der Waals surface area contributed by atoms with Gasteiger partial charge in [-0.1, -0.05) is 5.21 Å². The highest BCUT2D eigenvalue weighted by Crippen LogP contribution is 2.20. The molecule has 0 aliphatic rings. The number of benzene rings is 1. The summed E-state index contributed by atoms with van der Waals surface area (Å²) in [5.41, 5.74) is 0.537. The summed E-state index contributed by atoms with van der Waals surface area (Å²) in [7, 11) is 0. The topological polar surface area (TPSA) is 106 Å². The van der Waals surface area contributed by atoms with Crippen LogP contribution in [-0.2, 0) is 13.1 Å². The molecule has 20 heavy (non-hydrogen) atoms. The Balaban J connectivity index is 2.04. The third-order valence-corrected chi connectivity index (χ3v) is 2.48. The van der Waals surface area contributed by atoms with E-state index in [4.69, 9.17) is 5.11 Å². The van der Waals surface area contributed by atoms with Crippen molar-refractivity contribution in [2.75, 3.05) is 11.9 Å². The van der Waals surface area contributed by atoms with Crippen LogP contribution >= 0.6 is 0 Å². The van der Waals surface area contributed by atoms with Crippen LogP contribution in [0.5, 0.6) is 0 Å². The molecule has 1 aromatic carbocycles. The van der Waals surface area contributed by atoms with E-state index in [9.17, 15) is 14.5 Å². The van der Waals surface area contributed by atoms with E-state index >= 15 is 0 Å². The minimum Gasteiger partial charge on any atom is -0.394 e. The van der Waals surface area contributed by atoms with Gasteiger partial charge in [0.05, 0.1) is 36.9 Å². The number of nitro benzene ring substituents is 1. The summed E-state index contributed by atoms with van der Waals surface area (Å²) in [4.78, 5) is 9.96.